The molecule has 0 saturated heterocycles. The Kier molecular flexibility index (Phi) is 5.94. The molecule has 4 nitrogen and oxygen atoms in total. The largest absolute Gasteiger partial charge is 0.462 e. The number of hydrogen-bond acceptors (Lipinski definition) is 4. The van der Waals surface area contributed by atoms with Crippen molar-refractivity contribution in [2.75, 3.05) is 26.9 Å². The fraction of sp³-hybridized carbons (Fsp3) is 0.875. The Labute approximate surface area is 80.3 Å². The van der Waals surface area contributed by atoms with Crippen molar-refractivity contribution in [3.63, 3.8) is 0 Å². The molecule has 0 amide bonds. The van der Waals surface area contributed by atoms with Gasteiger partial charge in [-0.2, -0.15) is 0 Å². The third kappa shape index (κ3) is 9.52. The summed E-state index contributed by atoms with van der Waals surface area (Å²) in [4.78, 5) is 11.0. The molecule has 0 aliphatic heterocycles. The van der Waals surface area contributed by atoms with Crippen LogP contribution in [0.1, 0.15) is 0 Å². The van der Waals surface area contributed by atoms with Gasteiger partial charge < -0.3 is 13.9 Å². The number of esters is 1. The molecule has 0 aliphatic rings. The maximum absolute atomic E-state index is 11.0. The van der Waals surface area contributed by atoms with Crippen LogP contribution in [0.5, 0.6) is 0 Å². The van der Waals surface area contributed by atoms with Crippen LogP contribution in [0, 0.1) is 0 Å². The number of hydrogen-bond donors (Lipinski definition) is 0. The van der Waals surface area contributed by atoms with E-state index in [4.69, 9.17) is 13.9 Å². The number of ether oxygens (including phenoxy) is 2. The van der Waals surface area contributed by atoms with Gasteiger partial charge in [0.05, 0.1) is 6.61 Å². The second kappa shape index (κ2) is 6.12. The van der Waals surface area contributed by atoms with E-state index in [0.717, 1.165) is 0 Å². The van der Waals surface area contributed by atoms with Gasteiger partial charge in [0.25, 0.3) is 0 Å². The van der Waals surface area contributed by atoms with Crippen LogP contribution in [0.3, 0.4) is 0 Å². The highest BCUT2D eigenvalue weighted by Gasteiger charge is 2.16. The lowest BCUT2D eigenvalue weighted by Gasteiger charge is -2.16. The second-order valence-electron chi connectivity index (χ2n) is 3.61. The Hall–Kier alpha value is -0.393. The van der Waals surface area contributed by atoms with Crippen LogP contribution in [-0.4, -0.2) is 41.2 Å². The average molecular weight is 206 g/mol. The molecule has 0 aliphatic carbocycles. The van der Waals surface area contributed by atoms with Crippen molar-refractivity contribution in [3.8, 4) is 0 Å². The molecule has 0 bridgehead atoms. The fourth-order valence-electron chi connectivity index (χ4n) is 0.556. The molecule has 0 aromatic rings. The number of carbonyl (C=O) groups is 1. The molecule has 0 aromatic heterocycles. The molecule has 0 aromatic carbocycles. The van der Waals surface area contributed by atoms with E-state index < -0.39 is 8.32 Å². The first-order valence-corrected chi connectivity index (χ1v) is 7.65. The van der Waals surface area contributed by atoms with Crippen molar-refractivity contribution < 1.29 is 18.7 Å². The van der Waals surface area contributed by atoms with Crippen molar-refractivity contribution in [3.05, 3.63) is 0 Å². The average Bonchev–Trinajstić information content (AvgIpc) is 2.00. The highest BCUT2D eigenvalue weighted by molar-refractivity contribution is 6.69. The minimum Gasteiger partial charge on any atom is -0.462 e. The SMILES string of the molecule is COCCOC(=O)CO[Si](C)(C)C. The van der Waals surface area contributed by atoms with Gasteiger partial charge in [0.1, 0.15) is 13.2 Å². The third-order valence-corrected chi connectivity index (χ3v) is 2.18. The number of rotatable bonds is 6. The summed E-state index contributed by atoms with van der Waals surface area (Å²) in [5.41, 5.74) is 0. The summed E-state index contributed by atoms with van der Waals surface area (Å²) in [7, 11) is -0.0377. The lowest BCUT2D eigenvalue weighted by Crippen LogP contribution is -2.29. The Bertz CT molecular complexity index is 153. The first-order valence-electron chi connectivity index (χ1n) is 4.24. The summed E-state index contributed by atoms with van der Waals surface area (Å²) < 4.78 is 14.9. The van der Waals surface area contributed by atoms with Gasteiger partial charge in [0.2, 0.25) is 0 Å². The summed E-state index contributed by atoms with van der Waals surface area (Å²) in [6.45, 7) is 6.85. The molecule has 13 heavy (non-hydrogen) atoms. The van der Waals surface area contributed by atoms with Crippen LogP contribution in [0.4, 0.5) is 0 Å². The van der Waals surface area contributed by atoms with Gasteiger partial charge in [0, 0.05) is 7.11 Å². The molecule has 0 N–H and O–H groups in total. The van der Waals surface area contributed by atoms with Crippen molar-refractivity contribution in [1.29, 1.82) is 0 Å². The van der Waals surface area contributed by atoms with E-state index in [1.54, 1.807) is 7.11 Å². The Morgan fingerprint density at radius 2 is 1.85 bits per heavy atom. The maximum atomic E-state index is 11.0. The molecular weight excluding hydrogens is 188 g/mol. The van der Waals surface area contributed by atoms with E-state index in [1.165, 1.54) is 0 Å². The van der Waals surface area contributed by atoms with Crippen LogP contribution in [-0.2, 0) is 18.7 Å². The lowest BCUT2D eigenvalue weighted by atomic mass is 10.7. The van der Waals surface area contributed by atoms with Crippen LogP contribution in [0.15, 0.2) is 0 Å². The number of methoxy groups -OCH3 is 1. The van der Waals surface area contributed by atoms with E-state index in [-0.39, 0.29) is 12.6 Å². The van der Waals surface area contributed by atoms with Gasteiger partial charge in [-0.1, -0.05) is 0 Å². The molecule has 0 rings (SSSR count). The quantitative estimate of drug-likeness (QED) is 0.370. The Morgan fingerprint density at radius 3 is 2.31 bits per heavy atom. The summed E-state index contributed by atoms with van der Waals surface area (Å²) in [5.74, 6) is -0.320. The normalized spacial score (nSPS) is 11.4. The predicted molar refractivity (Wildman–Crippen MR) is 52.1 cm³/mol. The van der Waals surface area contributed by atoms with Crippen LogP contribution >= 0.6 is 0 Å². The summed E-state index contributed by atoms with van der Waals surface area (Å²) in [5, 5.41) is 0. The lowest BCUT2D eigenvalue weighted by molar-refractivity contribution is -0.147. The van der Waals surface area contributed by atoms with Gasteiger partial charge in [-0.15, -0.1) is 0 Å². The molecule has 0 spiro atoms. The smallest absolute Gasteiger partial charge is 0.330 e. The zero-order chi connectivity index (χ0) is 10.3. The molecule has 0 atom stereocenters. The van der Waals surface area contributed by atoms with Gasteiger partial charge >= 0.3 is 5.97 Å². The first-order chi connectivity index (χ1) is 5.95. The Morgan fingerprint density at radius 1 is 1.23 bits per heavy atom. The molecule has 78 valence electrons. The maximum Gasteiger partial charge on any atom is 0.330 e. The van der Waals surface area contributed by atoms with Gasteiger partial charge in [0.15, 0.2) is 8.32 Å². The molecule has 0 radical (unpaired) electrons. The summed E-state index contributed by atoms with van der Waals surface area (Å²) >= 11 is 0. The zero-order valence-corrected chi connectivity index (χ0v) is 9.75. The van der Waals surface area contributed by atoms with Gasteiger partial charge in [-0.05, 0) is 19.6 Å². The highest BCUT2D eigenvalue weighted by Crippen LogP contribution is 2.01. The summed E-state index contributed by atoms with van der Waals surface area (Å²) in [6, 6.07) is 0. The van der Waals surface area contributed by atoms with Crippen LogP contribution in [0.2, 0.25) is 19.6 Å². The van der Waals surface area contributed by atoms with Gasteiger partial charge in [-0.25, -0.2) is 4.79 Å². The minimum atomic E-state index is -1.60. The topological polar surface area (TPSA) is 44.8 Å². The standard InChI is InChI=1S/C8H18O4Si/c1-10-5-6-11-8(9)7-12-13(2,3)4/h5-7H2,1-4H3. The molecular formula is C8H18O4Si. The Balaban J connectivity index is 3.41. The molecule has 0 fully saturated rings. The van der Waals surface area contributed by atoms with Crippen molar-refractivity contribution in [1.82, 2.24) is 0 Å². The van der Waals surface area contributed by atoms with Crippen molar-refractivity contribution in [2.24, 2.45) is 0 Å². The van der Waals surface area contributed by atoms with Crippen molar-refractivity contribution >= 4 is 14.3 Å². The van der Waals surface area contributed by atoms with Crippen molar-refractivity contribution in [2.45, 2.75) is 19.6 Å². The van der Waals surface area contributed by atoms with Crippen LogP contribution in [0.25, 0.3) is 0 Å². The monoisotopic (exact) mass is 206 g/mol. The molecule has 0 saturated carbocycles. The van der Waals surface area contributed by atoms with Crippen LogP contribution < -0.4 is 0 Å². The molecule has 5 heteroatoms. The van der Waals surface area contributed by atoms with E-state index in [0.29, 0.717) is 13.2 Å². The molecule has 0 heterocycles. The highest BCUT2D eigenvalue weighted by atomic mass is 28.4. The third-order valence-electron chi connectivity index (χ3n) is 1.17. The first kappa shape index (κ1) is 12.6. The second-order valence-corrected chi connectivity index (χ2v) is 8.13. The van der Waals surface area contributed by atoms with E-state index in [9.17, 15) is 4.79 Å². The van der Waals surface area contributed by atoms with E-state index in [1.807, 2.05) is 19.6 Å². The van der Waals surface area contributed by atoms with Gasteiger partial charge in [-0.3, -0.25) is 0 Å². The minimum absolute atomic E-state index is 0.0550. The fourth-order valence-corrected chi connectivity index (χ4v) is 1.11. The zero-order valence-electron chi connectivity index (χ0n) is 8.75. The van der Waals surface area contributed by atoms with E-state index in [2.05, 4.69) is 0 Å². The number of carbonyl (C=O) groups excluding carboxylic acids is 1. The molecule has 0 unspecified atom stereocenters. The van der Waals surface area contributed by atoms with E-state index >= 15 is 0 Å². The predicted octanol–water partition coefficient (Wildman–Crippen LogP) is 1.03. The summed E-state index contributed by atoms with van der Waals surface area (Å²) in [6.07, 6.45) is 0.